The van der Waals surface area contributed by atoms with Crippen molar-refractivity contribution >= 4 is 21.7 Å². The summed E-state index contributed by atoms with van der Waals surface area (Å²) in [4.78, 5) is 14.0. The van der Waals surface area contributed by atoms with Crippen molar-refractivity contribution in [3.8, 4) is 22.6 Å². The van der Waals surface area contributed by atoms with Crippen LogP contribution in [-0.4, -0.2) is 15.0 Å². The molecule has 0 saturated carbocycles. The quantitative estimate of drug-likeness (QED) is 0.400. The van der Waals surface area contributed by atoms with E-state index in [2.05, 4.69) is 40.3 Å². The first kappa shape index (κ1) is 14.7. The predicted molar refractivity (Wildman–Crippen MR) is 106 cm³/mol. The number of benzene rings is 3. The molecule has 2 heterocycles. The van der Waals surface area contributed by atoms with Crippen LogP contribution >= 0.6 is 0 Å². The van der Waals surface area contributed by atoms with Crippen molar-refractivity contribution in [2.24, 2.45) is 0 Å². The van der Waals surface area contributed by atoms with Crippen LogP contribution in [0.15, 0.2) is 91.3 Å². The van der Waals surface area contributed by atoms with E-state index in [1.165, 1.54) is 0 Å². The lowest BCUT2D eigenvalue weighted by Gasteiger charge is -2.10. The van der Waals surface area contributed by atoms with E-state index in [1.807, 2.05) is 60.9 Å². The van der Waals surface area contributed by atoms with Gasteiger partial charge in [0.2, 0.25) is 0 Å². The van der Waals surface area contributed by atoms with Crippen molar-refractivity contribution in [3.05, 3.63) is 91.3 Å². The lowest BCUT2D eigenvalue weighted by Crippen LogP contribution is -1.93. The summed E-state index contributed by atoms with van der Waals surface area (Å²) in [5, 5.41) is 3.36. The molecule has 0 unspecified atom stereocenters. The molecule has 5 aromatic rings. The standard InChI is InChI=1S/C23H15N3/c1-2-8-16(9-3-1)23-25-15-20-18-11-5-4-10-17(18)19(14-22(20)26-23)21-12-6-7-13-24-21/h1-15H. The molecule has 0 aliphatic rings. The number of pyridine rings is 1. The van der Waals surface area contributed by atoms with Crippen molar-refractivity contribution in [1.82, 2.24) is 15.0 Å². The van der Waals surface area contributed by atoms with Crippen LogP contribution in [0.3, 0.4) is 0 Å². The number of nitrogens with zero attached hydrogens (tertiary/aromatic N) is 3. The zero-order valence-corrected chi connectivity index (χ0v) is 14.0. The van der Waals surface area contributed by atoms with Gasteiger partial charge in [0, 0.05) is 28.9 Å². The van der Waals surface area contributed by atoms with Crippen LogP contribution in [0.1, 0.15) is 0 Å². The molecule has 0 radical (unpaired) electrons. The maximum atomic E-state index is 4.84. The third kappa shape index (κ3) is 2.42. The lowest BCUT2D eigenvalue weighted by atomic mass is 9.98. The highest BCUT2D eigenvalue weighted by molar-refractivity contribution is 6.12. The predicted octanol–water partition coefficient (Wildman–Crippen LogP) is 5.51. The third-order valence-electron chi connectivity index (χ3n) is 4.58. The van der Waals surface area contributed by atoms with Crippen LogP contribution in [-0.2, 0) is 0 Å². The van der Waals surface area contributed by atoms with Gasteiger partial charge >= 0.3 is 0 Å². The molecule has 0 fully saturated rings. The molecule has 0 N–H and O–H groups in total. The highest BCUT2D eigenvalue weighted by atomic mass is 14.9. The Morgan fingerprint density at radius 1 is 0.615 bits per heavy atom. The molecule has 0 aliphatic heterocycles. The van der Waals surface area contributed by atoms with Gasteiger partial charge in [-0.15, -0.1) is 0 Å². The molecule has 0 amide bonds. The second-order valence-corrected chi connectivity index (χ2v) is 6.18. The Balaban J connectivity index is 1.83. The first-order valence-electron chi connectivity index (χ1n) is 8.55. The molecule has 3 nitrogen and oxygen atoms in total. The fourth-order valence-electron chi connectivity index (χ4n) is 3.34. The largest absolute Gasteiger partial charge is 0.256 e. The summed E-state index contributed by atoms with van der Waals surface area (Å²) in [6.07, 6.45) is 3.75. The number of fused-ring (bicyclic) bond motifs is 3. The summed E-state index contributed by atoms with van der Waals surface area (Å²) in [5.74, 6) is 0.736. The fourth-order valence-corrected chi connectivity index (χ4v) is 3.34. The average molecular weight is 333 g/mol. The van der Waals surface area contributed by atoms with Crippen molar-refractivity contribution < 1.29 is 0 Å². The first-order valence-corrected chi connectivity index (χ1v) is 8.55. The molecule has 0 atom stereocenters. The van der Waals surface area contributed by atoms with Crippen LogP contribution in [0.2, 0.25) is 0 Å². The summed E-state index contributed by atoms with van der Waals surface area (Å²) < 4.78 is 0. The van der Waals surface area contributed by atoms with E-state index in [-0.39, 0.29) is 0 Å². The maximum absolute atomic E-state index is 4.84. The van der Waals surface area contributed by atoms with Gasteiger partial charge in [-0.2, -0.15) is 0 Å². The van der Waals surface area contributed by atoms with E-state index in [1.54, 1.807) is 0 Å². The van der Waals surface area contributed by atoms with Gasteiger partial charge in [0.05, 0.1) is 11.2 Å². The molecule has 2 aromatic heterocycles. The van der Waals surface area contributed by atoms with Crippen LogP contribution in [0.25, 0.3) is 44.3 Å². The summed E-state index contributed by atoms with van der Waals surface area (Å²) in [5.41, 5.74) is 3.98. The minimum atomic E-state index is 0.736. The van der Waals surface area contributed by atoms with E-state index < -0.39 is 0 Å². The molecule has 3 heteroatoms. The second-order valence-electron chi connectivity index (χ2n) is 6.18. The van der Waals surface area contributed by atoms with Gasteiger partial charge in [0.15, 0.2) is 5.82 Å². The van der Waals surface area contributed by atoms with Gasteiger partial charge < -0.3 is 0 Å². The summed E-state index contributed by atoms with van der Waals surface area (Å²) in [6.45, 7) is 0. The van der Waals surface area contributed by atoms with E-state index in [9.17, 15) is 0 Å². The van der Waals surface area contributed by atoms with Crippen molar-refractivity contribution in [3.63, 3.8) is 0 Å². The minimum absolute atomic E-state index is 0.736. The summed E-state index contributed by atoms with van der Waals surface area (Å²) >= 11 is 0. The van der Waals surface area contributed by atoms with Crippen LogP contribution in [0, 0.1) is 0 Å². The van der Waals surface area contributed by atoms with E-state index >= 15 is 0 Å². The van der Waals surface area contributed by atoms with Gasteiger partial charge in [-0.1, -0.05) is 60.7 Å². The molecule has 0 spiro atoms. The van der Waals surface area contributed by atoms with Crippen molar-refractivity contribution in [2.75, 3.05) is 0 Å². The van der Waals surface area contributed by atoms with Gasteiger partial charge in [0.1, 0.15) is 0 Å². The Labute approximate surface area is 151 Å². The highest BCUT2D eigenvalue weighted by Crippen LogP contribution is 2.33. The Hall–Kier alpha value is -3.59. The molecule has 122 valence electrons. The molecular formula is C23H15N3. The van der Waals surface area contributed by atoms with Gasteiger partial charge in [-0.25, -0.2) is 9.97 Å². The zero-order chi connectivity index (χ0) is 17.3. The number of aromatic nitrogens is 3. The van der Waals surface area contributed by atoms with Gasteiger partial charge in [-0.05, 0) is 29.0 Å². The van der Waals surface area contributed by atoms with Crippen LogP contribution in [0.5, 0.6) is 0 Å². The smallest absolute Gasteiger partial charge is 0.159 e. The number of hydrogen-bond acceptors (Lipinski definition) is 3. The van der Waals surface area contributed by atoms with Crippen molar-refractivity contribution in [2.45, 2.75) is 0 Å². The molecule has 0 saturated heterocycles. The Bertz CT molecular complexity index is 1220. The fraction of sp³-hybridized carbons (Fsp3) is 0. The van der Waals surface area contributed by atoms with E-state index in [0.29, 0.717) is 0 Å². The topological polar surface area (TPSA) is 38.7 Å². The van der Waals surface area contributed by atoms with Crippen LogP contribution < -0.4 is 0 Å². The van der Waals surface area contributed by atoms with Crippen molar-refractivity contribution in [1.29, 1.82) is 0 Å². The SMILES string of the molecule is c1ccc(-c2ncc3c(cc(-c4ccccn4)c4ccccc43)n2)cc1. The van der Waals surface area contributed by atoms with Gasteiger partial charge in [-0.3, -0.25) is 4.98 Å². The Morgan fingerprint density at radius 2 is 1.38 bits per heavy atom. The number of rotatable bonds is 2. The molecule has 3 aromatic carbocycles. The number of hydrogen-bond donors (Lipinski definition) is 0. The normalized spacial score (nSPS) is 11.1. The van der Waals surface area contributed by atoms with E-state index in [0.717, 1.165) is 44.3 Å². The minimum Gasteiger partial charge on any atom is -0.256 e. The highest BCUT2D eigenvalue weighted by Gasteiger charge is 2.11. The summed E-state index contributed by atoms with van der Waals surface area (Å²) in [6, 6.07) is 26.5. The van der Waals surface area contributed by atoms with Crippen LogP contribution in [0.4, 0.5) is 0 Å². The molecule has 0 aliphatic carbocycles. The molecule has 0 bridgehead atoms. The lowest BCUT2D eigenvalue weighted by molar-refractivity contribution is 1.23. The maximum Gasteiger partial charge on any atom is 0.159 e. The molecule has 26 heavy (non-hydrogen) atoms. The second kappa shape index (κ2) is 6.05. The Morgan fingerprint density at radius 3 is 2.19 bits per heavy atom. The zero-order valence-electron chi connectivity index (χ0n) is 14.0. The average Bonchev–Trinajstić information content (AvgIpc) is 2.74. The summed E-state index contributed by atoms with van der Waals surface area (Å²) in [7, 11) is 0. The first-order chi connectivity index (χ1) is 12.9. The third-order valence-corrected chi connectivity index (χ3v) is 4.58. The van der Waals surface area contributed by atoms with Gasteiger partial charge in [0.25, 0.3) is 0 Å². The van der Waals surface area contributed by atoms with E-state index in [4.69, 9.17) is 4.98 Å². The molecular weight excluding hydrogens is 318 g/mol. The Kier molecular flexibility index (Phi) is 3.42. The molecule has 5 rings (SSSR count). The monoisotopic (exact) mass is 333 g/mol.